The van der Waals surface area contributed by atoms with Gasteiger partial charge in [0, 0.05) is 36.5 Å². The van der Waals surface area contributed by atoms with Gasteiger partial charge in [-0.3, -0.25) is 0 Å². The zero-order valence-corrected chi connectivity index (χ0v) is 12.3. The molecule has 0 bridgehead atoms. The van der Waals surface area contributed by atoms with Crippen molar-refractivity contribution < 1.29 is 9.94 Å². The standard InChI is InChI=1S/C14H20ClN3O2/c1-20-9-10-3-2-6-18(8-10)13-7-11(15)4-5-12(13)14(16)17-19/h4-5,7,10,19H,2-3,6,8-9H2,1H3,(H2,16,17). The number of ether oxygens (including phenoxy) is 1. The van der Waals surface area contributed by atoms with Crippen LogP contribution in [-0.2, 0) is 4.74 Å². The molecule has 110 valence electrons. The Bertz CT molecular complexity index is 491. The van der Waals surface area contributed by atoms with Gasteiger partial charge in [0.2, 0.25) is 0 Å². The molecule has 1 heterocycles. The summed E-state index contributed by atoms with van der Waals surface area (Å²) >= 11 is 6.09. The zero-order chi connectivity index (χ0) is 14.5. The molecule has 20 heavy (non-hydrogen) atoms. The monoisotopic (exact) mass is 297 g/mol. The number of piperidine rings is 1. The number of hydrogen-bond donors (Lipinski definition) is 2. The average Bonchev–Trinajstić information content (AvgIpc) is 2.47. The lowest BCUT2D eigenvalue weighted by molar-refractivity contribution is 0.143. The summed E-state index contributed by atoms with van der Waals surface area (Å²) in [5.74, 6) is 0.596. The minimum absolute atomic E-state index is 0.102. The number of hydrogen-bond acceptors (Lipinski definition) is 4. The van der Waals surface area contributed by atoms with Crippen molar-refractivity contribution in [2.45, 2.75) is 12.8 Å². The van der Waals surface area contributed by atoms with Gasteiger partial charge in [-0.15, -0.1) is 0 Å². The van der Waals surface area contributed by atoms with E-state index >= 15 is 0 Å². The lowest BCUT2D eigenvalue weighted by Crippen LogP contribution is -2.38. The fourth-order valence-electron chi connectivity index (χ4n) is 2.69. The molecule has 1 saturated heterocycles. The van der Waals surface area contributed by atoms with Crippen molar-refractivity contribution in [3.8, 4) is 0 Å². The molecule has 0 radical (unpaired) electrons. The molecule has 1 aromatic rings. The Morgan fingerprint density at radius 3 is 3.10 bits per heavy atom. The highest BCUT2D eigenvalue weighted by Crippen LogP contribution is 2.29. The van der Waals surface area contributed by atoms with Gasteiger partial charge < -0.3 is 20.6 Å². The van der Waals surface area contributed by atoms with Gasteiger partial charge in [0.05, 0.1) is 6.61 Å². The molecule has 0 amide bonds. The Hall–Kier alpha value is -1.46. The molecule has 5 nitrogen and oxygen atoms in total. The van der Waals surface area contributed by atoms with Crippen LogP contribution in [0.4, 0.5) is 5.69 Å². The van der Waals surface area contributed by atoms with E-state index in [4.69, 9.17) is 27.3 Å². The molecule has 1 aliphatic rings. The molecular weight excluding hydrogens is 278 g/mol. The van der Waals surface area contributed by atoms with Crippen LogP contribution in [0.5, 0.6) is 0 Å². The highest BCUT2D eigenvalue weighted by molar-refractivity contribution is 6.31. The first-order chi connectivity index (χ1) is 9.65. The van der Waals surface area contributed by atoms with Crippen LogP contribution >= 0.6 is 11.6 Å². The van der Waals surface area contributed by atoms with E-state index in [1.807, 2.05) is 6.07 Å². The maximum absolute atomic E-state index is 8.91. The second-order valence-electron chi connectivity index (χ2n) is 5.06. The summed E-state index contributed by atoms with van der Waals surface area (Å²) in [4.78, 5) is 2.23. The molecule has 0 spiro atoms. The van der Waals surface area contributed by atoms with Crippen LogP contribution in [0.1, 0.15) is 18.4 Å². The van der Waals surface area contributed by atoms with E-state index in [0.29, 0.717) is 16.5 Å². The highest BCUT2D eigenvalue weighted by atomic mass is 35.5. The van der Waals surface area contributed by atoms with Gasteiger partial charge in [0.25, 0.3) is 0 Å². The van der Waals surface area contributed by atoms with E-state index in [1.54, 1.807) is 19.2 Å². The number of oxime groups is 1. The third-order valence-corrected chi connectivity index (χ3v) is 3.84. The Labute approximate surface area is 124 Å². The number of benzene rings is 1. The zero-order valence-electron chi connectivity index (χ0n) is 11.6. The van der Waals surface area contributed by atoms with Crippen LogP contribution in [0.15, 0.2) is 23.4 Å². The van der Waals surface area contributed by atoms with Gasteiger partial charge in [-0.05, 0) is 37.0 Å². The normalized spacial score (nSPS) is 20.2. The number of nitrogens with zero attached hydrogens (tertiary/aromatic N) is 2. The van der Waals surface area contributed by atoms with Crippen molar-refractivity contribution in [1.29, 1.82) is 0 Å². The van der Waals surface area contributed by atoms with Crippen molar-refractivity contribution >= 4 is 23.1 Å². The van der Waals surface area contributed by atoms with Gasteiger partial charge >= 0.3 is 0 Å². The first-order valence-electron chi connectivity index (χ1n) is 6.67. The summed E-state index contributed by atoms with van der Waals surface area (Å²) in [7, 11) is 1.72. The fourth-order valence-corrected chi connectivity index (χ4v) is 2.86. The number of halogens is 1. The first kappa shape index (κ1) is 14.9. The Morgan fingerprint density at radius 2 is 2.40 bits per heavy atom. The van der Waals surface area contributed by atoms with E-state index in [2.05, 4.69) is 10.1 Å². The summed E-state index contributed by atoms with van der Waals surface area (Å²) in [5.41, 5.74) is 7.37. The fraction of sp³-hybridized carbons (Fsp3) is 0.500. The molecule has 1 aliphatic heterocycles. The van der Waals surface area contributed by atoms with Gasteiger partial charge in [-0.1, -0.05) is 16.8 Å². The molecule has 6 heteroatoms. The van der Waals surface area contributed by atoms with E-state index in [-0.39, 0.29) is 5.84 Å². The third-order valence-electron chi connectivity index (χ3n) is 3.61. The van der Waals surface area contributed by atoms with Crippen LogP contribution < -0.4 is 10.6 Å². The van der Waals surface area contributed by atoms with Crippen molar-refractivity contribution in [2.24, 2.45) is 16.8 Å². The number of rotatable bonds is 4. The lowest BCUT2D eigenvalue weighted by atomic mass is 9.97. The van der Waals surface area contributed by atoms with E-state index in [1.165, 1.54) is 0 Å². The van der Waals surface area contributed by atoms with Crippen molar-refractivity contribution in [3.05, 3.63) is 28.8 Å². The SMILES string of the molecule is COCC1CCCN(c2cc(Cl)ccc2/C(N)=N/O)C1. The Balaban J connectivity index is 2.28. The van der Waals surface area contributed by atoms with E-state index in [0.717, 1.165) is 38.2 Å². The maximum atomic E-state index is 8.91. The summed E-state index contributed by atoms with van der Waals surface area (Å²) in [5, 5.41) is 12.6. The summed E-state index contributed by atoms with van der Waals surface area (Å²) in [6.07, 6.45) is 2.25. The van der Waals surface area contributed by atoms with E-state index in [9.17, 15) is 0 Å². The van der Waals surface area contributed by atoms with Crippen LogP contribution in [0.25, 0.3) is 0 Å². The smallest absolute Gasteiger partial charge is 0.172 e. The van der Waals surface area contributed by atoms with Crippen molar-refractivity contribution in [3.63, 3.8) is 0 Å². The predicted molar refractivity (Wildman–Crippen MR) is 80.8 cm³/mol. The predicted octanol–water partition coefficient (Wildman–Crippen LogP) is 2.30. The number of amidine groups is 1. The molecule has 3 N–H and O–H groups in total. The molecule has 0 aliphatic carbocycles. The van der Waals surface area contributed by atoms with Gasteiger partial charge in [-0.2, -0.15) is 0 Å². The number of anilines is 1. The molecule has 1 atom stereocenters. The molecule has 1 aromatic carbocycles. The average molecular weight is 298 g/mol. The Morgan fingerprint density at radius 1 is 1.60 bits per heavy atom. The van der Waals surface area contributed by atoms with Gasteiger partial charge in [0.15, 0.2) is 5.84 Å². The topological polar surface area (TPSA) is 71.1 Å². The van der Waals surface area contributed by atoms with Crippen LogP contribution in [0, 0.1) is 5.92 Å². The lowest BCUT2D eigenvalue weighted by Gasteiger charge is -2.35. The second-order valence-corrected chi connectivity index (χ2v) is 5.49. The van der Waals surface area contributed by atoms with Crippen LogP contribution in [0.2, 0.25) is 5.02 Å². The summed E-state index contributed by atoms with van der Waals surface area (Å²) < 4.78 is 5.25. The largest absolute Gasteiger partial charge is 0.409 e. The molecular formula is C14H20ClN3O2. The highest BCUT2D eigenvalue weighted by Gasteiger charge is 2.23. The third kappa shape index (κ3) is 3.35. The molecule has 0 saturated carbocycles. The quantitative estimate of drug-likeness (QED) is 0.387. The molecule has 1 unspecified atom stereocenters. The van der Waals surface area contributed by atoms with Crippen LogP contribution in [-0.4, -0.2) is 37.8 Å². The minimum Gasteiger partial charge on any atom is -0.409 e. The minimum atomic E-state index is 0.102. The number of methoxy groups -OCH3 is 1. The maximum Gasteiger partial charge on any atom is 0.172 e. The summed E-state index contributed by atoms with van der Waals surface area (Å²) in [6.45, 7) is 2.57. The van der Waals surface area contributed by atoms with Gasteiger partial charge in [0.1, 0.15) is 0 Å². The Kier molecular flexibility index (Phi) is 5.09. The number of nitrogens with two attached hydrogens (primary N) is 1. The van der Waals surface area contributed by atoms with Crippen LogP contribution in [0.3, 0.4) is 0 Å². The van der Waals surface area contributed by atoms with Gasteiger partial charge in [-0.25, -0.2) is 0 Å². The molecule has 2 rings (SSSR count). The van der Waals surface area contributed by atoms with Crippen molar-refractivity contribution in [1.82, 2.24) is 0 Å². The first-order valence-corrected chi connectivity index (χ1v) is 7.04. The molecule has 1 fully saturated rings. The van der Waals surface area contributed by atoms with Crippen molar-refractivity contribution in [2.75, 3.05) is 31.7 Å². The molecule has 0 aromatic heterocycles. The van der Waals surface area contributed by atoms with E-state index < -0.39 is 0 Å². The summed E-state index contributed by atoms with van der Waals surface area (Å²) in [6, 6.07) is 5.39. The second kappa shape index (κ2) is 6.81.